The molecule has 1 aromatic carbocycles. The van der Waals surface area contributed by atoms with E-state index in [1.807, 2.05) is 0 Å². The summed E-state index contributed by atoms with van der Waals surface area (Å²) in [5.74, 6) is -1.43. The number of hydrogen-bond acceptors (Lipinski definition) is 5. The van der Waals surface area contributed by atoms with Crippen LogP contribution in [0.2, 0.25) is 0 Å². The van der Waals surface area contributed by atoms with Gasteiger partial charge in [-0.3, -0.25) is 10.1 Å². The standard InChI is InChI=1S/C11H6BrNO6/c12-7-2-1-6(13(16)17)5-9(7)19-10-4-3-8(18-10)11(14)15/h1-5H,(H,14,15). The van der Waals surface area contributed by atoms with E-state index in [1.165, 1.54) is 30.3 Å². The lowest BCUT2D eigenvalue weighted by Crippen LogP contribution is -1.92. The molecule has 1 N–H and O–H groups in total. The molecule has 19 heavy (non-hydrogen) atoms. The fraction of sp³-hybridized carbons (Fsp3) is 0. The zero-order valence-electron chi connectivity index (χ0n) is 9.20. The van der Waals surface area contributed by atoms with Gasteiger partial charge in [-0.1, -0.05) is 0 Å². The van der Waals surface area contributed by atoms with Crippen molar-refractivity contribution in [3.63, 3.8) is 0 Å². The van der Waals surface area contributed by atoms with Gasteiger partial charge in [0.15, 0.2) is 5.75 Å². The van der Waals surface area contributed by atoms with Crippen LogP contribution in [0, 0.1) is 10.1 Å². The number of hydrogen-bond donors (Lipinski definition) is 1. The second kappa shape index (κ2) is 5.11. The number of carboxylic acids is 1. The average Bonchev–Trinajstić information content (AvgIpc) is 2.80. The first-order chi connectivity index (χ1) is 8.97. The van der Waals surface area contributed by atoms with Gasteiger partial charge in [0.05, 0.1) is 15.5 Å². The number of benzene rings is 1. The quantitative estimate of drug-likeness (QED) is 0.681. The molecule has 0 radical (unpaired) electrons. The second-order valence-corrected chi connectivity index (χ2v) is 4.25. The summed E-state index contributed by atoms with van der Waals surface area (Å²) < 4.78 is 10.6. The zero-order valence-corrected chi connectivity index (χ0v) is 10.8. The minimum atomic E-state index is -1.23. The molecule has 0 spiro atoms. The average molecular weight is 328 g/mol. The summed E-state index contributed by atoms with van der Waals surface area (Å²) in [5, 5.41) is 19.3. The van der Waals surface area contributed by atoms with E-state index in [0.717, 1.165) is 0 Å². The normalized spacial score (nSPS) is 10.2. The van der Waals surface area contributed by atoms with E-state index in [0.29, 0.717) is 4.47 Å². The van der Waals surface area contributed by atoms with Crippen molar-refractivity contribution in [3.8, 4) is 11.7 Å². The van der Waals surface area contributed by atoms with Crippen LogP contribution in [0.25, 0.3) is 0 Å². The van der Waals surface area contributed by atoms with Gasteiger partial charge in [-0.2, -0.15) is 0 Å². The molecule has 8 heteroatoms. The van der Waals surface area contributed by atoms with Gasteiger partial charge in [0.1, 0.15) is 0 Å². The molecule has 0 saturated carbocycles. The Morgan fingerprint density at radius 2 is 2.11 bits per heavy atom. The number of ether oxygens (including phenoxy) is 1. The molecule has 2 rings (SSSR count). The SMILES string of the molecule is O=C(O)c1ccc(Oc2cc([N+](=O)[O-])ccc2Br)o1. The molecule has 1 heterocycles. The van der Waals surface area contributed by atoms with Crippen LogP contribution < -0.4 is 4.74 Å². The van der Waals surface area contributed by atoms with E-state index >= 15 is 0 Å². The number of furan rings is 1. The Morgan fingerprint density at radius 1 is 1.37 bits per heavy atom. The van der Waals surface area contributed by atoms with Crippen molar-refractivity contribution in [3.05, 3.63) is 50.7 Å². The highest BCUT2D eigenvalue weighted by molar-refractivity contribution is 9.10. The summed E-state index contributed by atoms with van der Waals surface area (Å²) in [6.45, 7) is 0. The van der Waals surface area contributed by atoms with Gasteiger partial charge in [-0.25, -0.2) is 4.79 Å². The van der Waals surface area contributed by atoms with Crippen molar-refractivity contribution in [2.75, 3.05) is 0 Å². The van der Waals surface area contributed by atoms with Crippen molar-refractivity contribution in [2.45, 2.75) is 0 Å². The summed E-state index contributed by atoms with van der Waals surface area (Å²) in [5.41, 5.74) is -0.150. The molecule has 0 saturated heterocycles. The molecule has 1 aromatic heterocycles. The Morgan fingerprint density at radius 3 is 2.68 bits per heavy atom. The van der Waals surface area contributed by atoms with Gasteiger partial charge >= 0.3 is 5.97 Å². The third kappa shape index (κ3) is 2.91. The predicted molar refractivity (Wildman–Crippen MR) is 66.5 cm³/mol. The van der Waals surface area contributed by atoms with Crippen LogP contribution in [0.4, 0.5) is 5.69 Å². The van der Waals surface area contributed by atoms with E-state index in [9.17, 15) is 14.9 Å². The lowest BCUT2D eigenvalue weighted by molar-refractivity contribution is -0.384. The highest BCUT2D eigenvalue weighted by Crippen LogP contribution is 2.33. The summed E-state index contributed by atoms with van der Waals surface area (Å²) in [6.07, 6.45) is 0. The van der Waals surface area contributed by atoms with Crippen molar-refractivity contribution >= 4 is 27.6 Å². The second-order valence-electron chi connectivity index (χ2n) is 3.40. The maximum absolute atomic E-state index is 10.6. The fourth-order valence-corrected chi connectivity index (χ4v) is 1.61. The number of non-ortho nitro benzene ring substituents is 1. The predicted octanol–water partition coefficient (Wildman–Crippen LogP) is 3.44. The molecular formula is C11H6BrNO6. The smallest absolute Gasteiger partial charge is 0.371 e. The molecule has 2 aromatic rings. The van der Waals surface area contributed by atoms with Gasteiger partial charge in [-0.15, -0.1) is 0 Å². The highest BCUT2D eigenvalue weighted by Gasteiger charge is 2.14. The Kier molecular flexibility index (Phi) is 3.52. The maximum Gasteiger partial charge on any atom is 0.371 e. The van der Waals surface area contributed by atoms with E-state index in [4.69, 9.17) is 14.3 Å². The number of carboxylic acid groups (broad SMARTS) is 1. The number of aromatic carboxylic acids is 1. The van der Waals surface area contributed by atoms with Gasteiger partial charge in [-0.05, 0) is 28.1 Å². The molecular weight excluding hydrogens is 322 g/mol. The fourth-order valence-electron chi connectivity index (χ4n) is 1.28. The molecule has 98 valence electrons. The summed E-state index contributed by atoms with van der Waals surface area (Å²) >= 11 is 3.17. The van der Waals surface area contributed by atoms with E-state index in [-0.39, 0.29) is 23.1 Å². The topological polar surface area (TPSA) is 103 Å². The van der Waals surface area contributed by atoms with Crippen molar-refractivity contribution in [1.29, 1.82) is 0 Å². The molecule has 0 unspecified atom stereocenters. The maximum atomic E-state index is 10.6. The van der Waals surface area contributed by atoms with Crippen LogP contribution in [-0.2, 0) is 0 Å². The van der Waals surface area contributed by atoms with Crippen LogP contribution in [0.5, 0.6) is 11.7 Å². The minimum Gasteiger partial charge on any atom is -0.475 e. The van der Waals surface area contributed by atoms with Gasteiger partial charge < -0.3 is 14.3 Å². The summed E-state index contributed by atoms with van der Waals surface area (Å²) in [4.78, 5) is 20.7. The highest BCUT2D eigenvalue weighted by atomic mass is 79.9. The molecule has 7 nitrogen and oxygen atoms in total. The van der Waals surface area contributed by atoms with Gasteiger partial charge in [0.25, 0.3) is 11.6 Å². The van der Waals surface area contributed by atoms with Crippen molar-refractivity contribution < 1.29 is 24.0 Å². The van der Waals surface area contributed by atoms with E-state index in [1.54, 1.807) is 0 Å². The zero-order chi connectivity index (χ0) is 14.0. The first-order valence-electron chi connectivity index (χ1n) is 4.92. The third-order valence-electron chi connectivity index (χ3n) is 2.13. The molecule has 0 fully saturated rings. The molecule has 0 atom stereocenters. The van der Waals surface area contributed by atoms with Crippen LogP contribution in [-0.4, -0.2) is 16.0 Å². The third-order valence-corrected chi connectivity index (χ3v) is 2.78. The number of nitro benzene ring substituents is 1. The largest absolute Gasteiger partial charge is 0.475 e. The molecule has 0 amide bonds. The Bertz CT molecular complexity index is 650. The molecule has 0 aliphatic rings. The number of carbonyl (C=O) groups is 1. The number of halogens is 1. The number of nitrogens with zero attached hydrogens (tertiary/aromatic N) is 1. The van der Waals surface area contributed by atoms with Gasteiger partial charge in [0.2, 0.25) is 5.76 Å². The summed E-state index contributed by atoms with van der Waals surface area (Å²) in [7, 11) is 0. The van der Waals surface area contributed by atoms with Crippen LogP contribution in [0.1, 0.15) is 10.6 Å². The van der Waals surface area contributed by atoms with Gasteiger partial charge in [0, 0.05) is 12.1 Å². The molecule has 0 aliphatic heterocycles. The summed E-state index contributed by atoms with van der Waals surface area (Å²) in [6, 6.07) is 6.50. The Hall–Kier alpha value is -2.35. The lowest BCUT2D eigenvalue weighted by atomic mass is 10.3. The van der Waals surface area contributed by atoms with Crippen LogP contribution >= 0.6 is 15.9 Å². The first kappa shape index (κ1) is 13.1. The van der Waals surface area contributed by atoms with E-state index < -0.39 is 10.9 Å². The monoisotopic (exact) mass is 327 g/mol. The van der Waals surface area contributed by atoms with Crippen LogP contribution in [0.15, 0.2) is 39.2 Å². The molecule has 0 bridgehead atoms. The molecule has 0 aliphatic carbocycles. The lowest BCUT2D eigenvalue weighted by Gasteiger charge is -2.04. The van der Waals surface area contributed by atoms with Crippen molar-refractivity contribution in [2.24, 2.45) is 0 Å². The minimum absolute atomic E-state index is 0.0707. The Labute approximate surface area is 114 Å². The van der Waals surface area contributed by atoms with Crippen LogP contribution in [0.3, 0.4) is 0 Å². The number of nitro groups is 1. The first-order valence-corrected chi connectivity index (χ1v) is 5.71. The van der Waals surface area contributed by atoms with E-state index in [2.05, 4.69) is 15.9 Å². The van der Waals surface area contributed by atoms with Crippen molar-refractivity contribution in [1.82, 2.24) is 0 Å². The number of rotatable bonds is 4. The Balaban J connectivity index is 2.29.